The van der Waals surface area contributed by atoms with E-state index in [9.17, 15) is 9.59 Å². The maximum atomic E-state index is 13.3. The predicted octanol–water partition coefficient (Wildman–Crippen LogP) is 3.51. The molecule has 7 heteroatoms. The van der Waals surface area contributed by atoms with Gasteiger partial charge in [-0.3, -0.25) is 9.59 Å². The average Bonchev–Trinajstić information content (AvgIpc) is 3.17. The zero-order chi connectivity index (χ0) is 19.7. The molecule has 1 aliphatic heterocycles. The number of rotatable bonds is 5. The fraction of sp³-hybridized carbons (Fsp3) is 0.273. The minimum atomic E-state index is -0.135. The second kappa shape index (κ2) is 8.95. The smallest absolute Gasteiger partial charge is 0.258 e. The van der Waals surface area contributed by atoms with Crippen LogP contribution in [0.15, 0.2) is 52.6 Å². The molecule has 0 saturated heterocycles. The average molecular weight is 430 g/mol. The summed E-state index contributed by atoms with van der Waals surface area (Å²) >= 11 is 1.59. The first-order valence-electron chi connectivity index (χ1n) is 9.39. The molecule has 0 fully saturated rings. The van der Waals surface area contributed by atoms with Crippen LogP contribution in [-0.4, -0.2) is 42.6 Å². The lowest BCUT2D eigenvalue weighted by Gasteiger charge is -2.23. The summed E-state index contributed by atoms with van der Waals surface area (Å²) in [6.45, 7) is 1.91. The molecule has 1 aromatic carbocycles. The molecule has 5 nitrogen and oxygen atoms in total. The van der Waals surface area contributed by atoms with Gasteiger partial charge in [0.1, 0.15) is 0 Å². The summed E-state index contributed by atoms with van der Waals surface area (Å²) in [7, 11) is 3.95. The highest BCUT2D eigenvalue weighted by atomic mass is 35.5. The van der Waals surface area contributed by atoms with Crippen molar-refractivity contribution in [1.29, 1.82) is 0 Å². The number of hydrogen-bond acceptors (Lipinski definition) is 4. The number of likely N-dealkylation sites (N-methyl/N-ethyl adjacent to an activating group) is 1. The van der Waals surface area contributed by atoms with Crippen molar-refractivity contribution in [3.63, 3.8) is 0 Å². The molecule has 0 spiro atoms. The number of hydrogen-bond donors (Lipinski definition) is 1. The van der Waals surface area contributed by atoms with E-state index in [-0.39, 0.29) is 23.9 Å². The van der Waals surface area contributed by atoms with E-state index in [1.165, 1.54) is 5.56 Å². The summed E-state index contributed by atoms with van der Waals surface area (Å²) in [5.41, 5.74) is 3.90. The topological polar surface area (TPSA) is 54.3 Å². The van der Waals surface area contributed by atoms with Gasteiger partial charge in [-0.2, -0.15) is 0 Å². The van der Waals surface area contributed by atoms with Gasteiger partial charge in [0.15, 0.2) is 0 Å². The Hall–Kier alpha value is -2.41. The lowest BCUT2D eigenvalue weighted by molar-refractivity contribution is 0.0951. The van der Waals surface area contributed by atoms with Gasteiger partial charge in [0.25, 0.3) is 11.5 Å². The number of carbonyl (C=O) groups is 1. The Labute approximate surface area is 180 Å². The van der Waals surface area contributed by atoms with Crippen molar-refractivity contribution in [3.8, 4) is 21.7 Å². The van der Waals surface area contributed by atoms with Crippen LogP contribution < -0.4 is 10.9 Å². The molecule has 0 radical (unpaired) electrons. The fourth-order valence-corrected chi connectivity index (χ4v) is 4.61. The molecule has 0 saturated carbocycles. The van der Waals surface area contributed by atoms with Gasteiger partial charge >= 0.3 is 0 Å². The quantitative estimate of drug-likeness (QED) is 0.675. The van der Waals surface area contributed by atoms with Crippen molar-refractivity contribution in [1.82, 2.24) is 14.8 Å². The van der Waals surface area contributed by atoms with Crippen LogP contribution in [0.3, 0.4) is 0 Å². The van der Waals surface area contributed by atoms with Gasteiger partial charge in [-0.15, -0.1) is 23.7 Å². The Morgan fingerprint density at radius 1 is 1.21 bits per heavy atom. The molecule has 1 N–H and O–H groups in total. The molecule has 2 aromatic heterocycles. The SMILES string of the molecule is CN(C)CCNC(=O)c1cc(-c2ccccc2)c(=O)n2c1-c1sccc1CC2.Cl. The van der Waals surface area contributed by atoms with Crippen molar-refractivity contribution in [2.24, 2.45) is 0 Å². The van der Waals surface area contributed by atoms with Crippen LogP contribution in [-0.2, 0) is 13.0 Å². The summed E-state index contributed by atoms with van der Waals surface area (Å²) in [5.74, 6) is -0.135. The molecule has 0 bridgehead atoms. The first-order chi connectivity index (χ1) is 13.6. The molecule has 3 heterocycles. The van der Waals surface area contributed by atoms with Crippen LogP contribution in [0.2, 0.25) is 0 Å². The number of benzene rings is 1. The van der Waals surface area contributed by atoms with Gasteiger partial charge in [-0.1, -0.05) is 30.3 Å². The summed E-state index contributed by atoms with van der Waals surface area (Å²) in [6, 6.07) is 13.4. The Morgan fingerprint density at radius 3 is 2.69 bits per heavy atom. The summed E-state index contributed by atoms with van der Waals surface area (Å²) in [4.78, 5) is 29.4. The lowest BCUT2D eigenvalue weighted by atomic mass is 9.98. The molecule has 1 amide bonds. The van der Waals surface area contributed by atoms with Gasteiger partial charge in [0.2, 0.25) is 0 Å². The number of nitrogens with zero attached hydrogens (tertiary/aromatic N) is 2. The number of carbonyl (C=O) groups excluding carboxylic acids is 1. The fourth-order valence-electron chi connectivity index (χ4n) is 3.58. The van der Waals surface area contributed by atoms with Gasteiger partial charge in [-0.25, -0.2) is 0 Å². The van der Waals surface area contributed by atoms with E-state index in [0.717, 1.165) is 29.1 Å². The molecule has 0 aliphatic carbocycles. The predicted molar refractivity (Wildman–Crippen MR) is 121 cm³/mol. The number of amides is 1. The molecular formula is C22H24ClN3O2S. The third kappa shape index (κ3) is 4.15. The number of fused-ring (bicyclic) bond motifs is 3. The first-order valence-corrected chi connectivity index (χ1v) is 10.3. The lowest BCUT2D eigenvalue weighted by Crippen LogP contribution is -2.34. The molecule has 152 valence electrons. The van der Waals surface area contributed by atoms with E-state index < -0.39 is 0 Å². The van der Waals surface area contributed by atoms with Crippen LogP contribution in [0.25, 0.3) is 21.7 Å². The molecule has 0 atom stereocenters. The number of pyridine rings is 1. The van der Waals surface area contributed by atoms with Gasteiger partial charge in [-0.05, 0) is 49.2 Å². The van der Waals surface area contributed by atoms with E-state index >= 15 is 0 Å². The first kappa shape index (κ1) is 21.3. The summed E-state index contributed by atoms with van der Waals surface area (Å²) in [6.07, 6.45) is 0.811. The van der Waals surface area contributed by atoms with Crippen LogP contribution in [0, 0.1) is 0 Å². The normalized spacial score (nSPS) is 12.1. The zero-order valence-electron chi connectivity index (χ0n) is 16.5. The van der Waals surface area contributed by atoms with E-state index in [1.807, 2.05) is 54.7 Å². The Kier molecular flexibility index (Phi) is 6.57. The van der Waals surface area contributed by atoms with Crippen LogP contribution >= 0.6 is 23.7 Å². The van der Waals surface area contributed by atoms with E-state index in [1.54, 1.807) is 22.0 Å². The Morgan fingerprint density at radius 2 is 1.97 bits per heavy atom. The van der Waals surface area contributed by atoms with Gasteiger partial charge < -0.3 is 14.8 Å². The molecule has 29 heavy (non-hydrogen) atoms. The Bertz CT molecular complexity index is 1070. The van der Waals surface area contributed by atoms with Crippen LogP contribution in [0.1, 0.15) is 15.9 Å². The Balaban J connectivity index is 0.00000240. The van der Waals surface area contributed by atoms with E-state index in [4.69, 9.17) is 0 Å². The second-order valence-electron chi connectivity index (χ2n) is 7.23. The van der Waals surface area contributed by atoms with Gasteiger partial charge in [0, 0.05) is 25.2 Å². The summed E-state index contributed by atoms with van der Waals surface area (Å²) < 4.78 is 1.78. The van der Waals surface area contributed by atoms with Crippen molar-refractivity contribution < 1.29 is 4.79 Å². The van der Waals surface area contributed by atoms with E-state index in [0.29, 0.717) is 24.2 Å². The number of thiophene rings is 1. The van der Waals surface area contributed by atoms with Crippen molar-refractivity contribution in [2.75, 3.05) is 27.2 Å². The highest BCUT2D eigenvalue weighted by Gasteiger charge is 2.26. The van der Waals surface area contributed by atoms with Crippen LogP contribution in [0.4, 0.5) is 0 Å². The largest absolute Gasteiger partial charge is 0.351 e. The van der Waals surface area contributed by atoms with Crippen LogP contribution in [0.5, 0.6) is 0 Å². The maximum absolute atomic E-state index is 13.3. The minimum absolute atomic E-state index is 0. The molecule has 1 aliphatic rings. The van der Waals surface area contributed by atoms with E-state index in [2.05, 4.69) is 11.4 Å². The molecule has 4 rings (SSSR count). The second-order valence-corrected chi connectivity index (χ2v) is 8.14. The van der Waals surface area contributed by atoms with Crippen molar-refractivity contribution in [2.45, 2.75) is 13.0 Å². The number of nitrogens with one attached hydrogen (secondary N) is 1. The molecule has 3 aromatic rings. The monoisotopic (exact) mass is 429 g/mol. The molecular weight excluding hydrogens is 406 g/mol. The number of halogens is 1. The maximum Gasteiger partial charge on any atom is 0.258 e. The summed E-state index contributed by atoms with van der Waals surface area (Å²) in [5, 5.41) is 5.04. The number of aryl methyl sites for hydroxylation is 1. The number of aromatic nitrogens is 1. The highest BCUT2D eigenvalue weighted by Crippen LogP contribution is 2.36. The third-order valence-corrected chi connectivity index (χ3v) is 5.99. The molecule has 0 unspecified atom stereocenters. The zero-order valence-corrected chi connectivity index (χ0v) is 18.1. The standard InChI is InChI=1S/C22H23N3O2S.ClH/c1-24(2)12-10-23-21(26)18-14-17(15-6-4-3-5-7-15)22(27)25-11-8-16-9-13-28-20(16)19(18)25;/h3-7,9,13-14H,8,10-12H2,1-2H3,(H,23,26);1H. The third-order valence-electron chi connectivity index (χ3n) is 5.03. The van der Waals surface area contributed by atoms with Crippen molar-refractivity contribution in [3.05, 3.63) is 69.3 Å². The highest BCUT2D eigenvalue weighted by molar-refractivity contribution is 7.13. The minimum Gasteiger partial charge on any atom is -0.351 e. The van der Waals surface area contributed by atoms with Crippen molar-refractivity contribution >= 4 is 29.7 Å². The van der Waals surface area contributed by atoms with Gasteiger partial charge in [0.05, 0.1) is 16.1 Å².